The summed E-state index contributed by atoms with van der Waals surface area (Å²) in [6.07, 6.45) is 1.02. The SMILES string of the molecule is Cc1cc(C)nc(NCCCC(=O)Nc2cc(C)nn2-c2cc(C)c3ccccc3n2)n1. The minimum absolute atomic E-state index is 0.0770. The average Bonchev–Trinajstić information content (AvgIpc) is 3.10. The maximum Gasteiger partial charge on any atom is 0.225 e. The third-order valence-electron chi connectivity index (χ3n) is 5.07. The minimum Gasteiger partial charge on any atom is -0.354 e. The molecule has 1 aromatic carbocycles. The second-order valence-corrected chi connectivity index (χ2v) is 7.95. The first-order valence-electron chi connectivity index (χ1n) is 10.7. The molecule has 8 nitrogen and oxygen atoms in total. The molecule has 0 fully saturated rings. The fourth-order valence-corrected chi connectivity index (χ4v) is 3.66. The third kappa shape index (κ3) is 4.91. The van der Waals surface area contributed by atoms with Gasteiger partial charge >= 0.3 is 0 Å². The largest absolute Gasteiger partial charge is 0.354 e. The van der Waals surface area contributed by atoms with Crippen molar-refractivity contribution in [2.24, 2.45) is 0 Å². The van der Waals surface area contributed by atoms with Crippen molar-refractivity contribution in [2.75, 3.05) is 17.2 Å². The molecule has 4 aromatic rings. The maximum atomic E-state index is 12.6. The first kappa shape index (κ1) is 21.4. The number of nitrogens with zero attached hydrogens (tertiary/aromatic N) is 5. The molecule has 0 saturated heterocycles. The van der Waals surface area contributed by atoms with Gasteiger partial charge in [-0.15, -0.1) is 0 Å². The molecule has 0 radical (unpaired) electrons. The van der Waals surface area contributed by atoms with E-state index in [9.17, 15) is 4.79 Å². The Morgan fingerprint density at radius 3 is 2.47 bits per heavy atom. The molecule has 32 heavy (non-hydrogen) atoms. The standard InChI is InChI=1S/C24H27N7O/c1-15-12-21(28-20-9-6-5-8-19(15)20)31-22(14-18(4)30-31)29-23(32)10-7-11-25-24-26-16(2)13-17(3)27-24/h5-6,8-9,12-14H,7,10-11H2,1-4H3,(H,29,32)(H,25,26,27). The predicted molar refractivity (Wildman–Crippen MR) is 126 cm³/mol. The van der Waals surface area contributed by atoms with E-state index in [-0.39, 0.29) is 5.91 Å². The van der Waals surface area contributed by atoms with E-state index in [4.69, 9.17) is 4.98 Å². The summed E-state index contributed by atoms with van der Waals surface area (Å²) >= 11 is 0. The van der Waals surface area contributed by atoms with Crippen molar-refractivity contribution in [1.29, 1.82) is 0 Å². The van der Waals surface area contributed by atoms with Crippen LogP contribution in [0.2, 0.25) is 0 Å². The van der Waals surface area contributed by atoms with Crippen LogP contribution in [0.5, 0.6) is 0 Å². The van der Waals surface area contributed by atoms with E-state index >= 15 is 0 Å². The zero-order chi connectivity index (χ0) is 22.7. The van der Waals surface area contributed by atoms with Crippen molar-refractivity contribution < 1.29 is 4.79 Å². The van der Waals surface area contributed by atoms with Gasteiger partial charge in [0.15, 0.2) is 5.82 Å². The van der Waals surface area contributed by atoms with Gasteiger partial charge in [0.1, 0.15) is 5.82 Å². The Morgan fingerprint density at radius 1 is 0.938 bits per heavy atom. The smallest absolute Gasteiger partial charge is 0.225 e. The fourth-order valence-electron chi connectivity index (χ4n) is 3.66. The van der Waals surface area contributed by atoms with Crippen LogP contribution < -0.4 is 10.6 Å². The highest BCUT2D eigenvalue weighted by Gasteiger charge is 2.13. The van der Waals surface area contributed by atoms with E-state index in [1.807, 2.05) is 57.2 Å². The Hall–Kier alpha value is -3.81. The van der Waals surface area contributed by atoms with Gasteiger partial charge in [0.25, 0.3) is 0 Å². The van der Waals surface area contributed by atoms with Crippen LogP contribution in [-0.4, -0.2) is 37.2 Å². The first-order valence-corrected chi connectivity index (χ1v) is 10.7. The number of aromatic nitrogens is 5. The van der Waals surface area contributed by atoms with Gasteiger partial charge in [0.05, 0.1) is 11.2 Å². The van der Waals surface area contributed by atoms with E-state index in [1.165, 1.54) is 0 Å². The Balaban J connectivity index is 1.41. The number of nitrogens with one attached hydrogen (secondary N) is 2. The number of benzene rings is 1. The van der Waals surface area contributed by atoms with Crippen molar-refractivity contribution in [3.05, 3.63) is 65.1 Å². The van der Waals surface area contributed by atoms with Gasteiger partial charge in [-0.2, -0.15) is 9.78 Å². The van der Waals surface area contributed by atoms with Gasteiger partial charge < -0.3 is 10.6 Å². The molecule has 0 unspecified atom stereocenters. The summed E-state index contributed by atoms with van der Waals surface area (Å²) in [5, 5.41) is 11.8. The summed E-state index contributed by atoms with van der Waals surface area (Å²) < 4.78 is 1.69. The quantitative estimate of drug-likeness (QED) is 0.426. The minimum atomic E-state index is -0.0770. The van der Waals surface area contributed by atoms with Crippen molar-refractivity contribution in [2.45, 2.75) is 40.5 Å². The van der Waals surface area contributed by atoms with Crippen molar-refractivity contribution >= 4 is 28.6 Å². The molecule has 3 aromatic heterocycles. The molecule has 0 aliphatic rings. The number of rotatable bonds is 7. The normalized spacial score (nSPS) is 11.0. The Kier molecular flexibility index (Phi) is 6.11. The molecule has 0 spiro atoms. The number of para-hydroxylation sites is 1. The van der Waals surface area contributed by atoms with Gasteiger partial charge in [-0.05, 0) is 57.9 Å². The monoisotopic (exact) mass is 429 g/mol. The molecule has 1 amide bonds. The topological polar surface area (TPSA) is 97.6 Å². The first-order chi connectivity index (χ1) is 15.4. The molecule has 0 aliphatic heterocycles. The Labute approximate surface area is 187 Å². The highest BCUT2D eigenvalue weighted by atomic mass is 16.1. The third-order valence-corrected chi connectivity index (χ3v) is 5.07. The number of amides is 1. The van der Waals surface area contributed by atoms with Gasteiger partial charge in [0.2, 0.25) is 11.9 Å². The van der Waals surface area contributed by atoms with Crippen LogP contribution >= 0.6 is 0 Å². The van der Waals surface area contributed by atoms with Crippen LogP contribution in [0.25, 0.3) is 16.7 Å². The number of carbonyl (C=O) groups is 1. The number of anilines is 2. The van der Waals surface area contributed by atoms with E-state index in [2.05, 4.69) is 38.7 Å². The van der Waals surface area contributed by atoms with Crippen LogP contribution in [-0.2, 0) is 4.79 Å². The zero-order valence-corrected chi connectivity index (χ0v) is 18.8. The predicted octanol–water partition coefficient (Wildman–Crippen LogP) is 4.27. The van der Waals surface area contributed by atoms with Crippen LogP contribution in [0.1, 0.15) is 35.5 Å². The molecule has 0 saturated carbocycles. The molecular formula is C24H27N7O. The number of pyridine rings is 1. The highest BCUT2D eigenvalue weighted by molar-refractivity contribution is 5.90. The zero-order valence-electron chi connectivity index (χ0n) is 18.8. The molecule has 0 aliphatic carbocycles. The van der Waals surface area contributed by atoms with Gasteiger partial charge in [-0.1, -0.05) is 18.2 Å². The number of hydrogen-bond donors (Lipinski definition) is 2. The summed E-state index contributed by atoms with van der Waals surface area (Å²) in [6.45, 7) is 8.43. The summed E-state index contributed by atoms with van der Waals surface area (Å²) in [5.41, 5.74) is 4.64. The fraction of sp³-hybridized carbons (Fsp3) is 0.292. The summed E-state index contributed by atoms with van der Waals surface area (Å²) in [7, 11) is 0. The van der Waals surface area contributed by atoms with Gasteiger partial charge in [-0.25, -0.2) is 15.0 Å². The number of hydrogen-bond acceptors (Lipinski definition) is 6. The van der Waals surface area contributed by atoms with Crippen molar-refractivity contribution in [3.63, 3.8) is 0 Å². The lowest BCUT2D eigenvalue weighted by Crippen LogP contribution is -2.17. The van der Waals surface area contributed by atoms with Gasteiger partial charge in [-0.3, -0.25) is 4.79 Å². The molecule has 4 rings (SSSR count). The van der Waals surface area contributed by atoms with E-state index < -0.39 is 0 Å². The van der Waals surface area contributed by atoms with Crippen molar-refractivity contribution in [1.82, 2.24) is 24.7 Å². The molecule has 3 heterocycles. The molecule has 0 bridgehead atoms. The van der Waals surface area contributed by atoms with E-state index in [0.717, 1.165) is 33.5 Å². The molecule has 2 N–H and O–H groups in total. The van der Waals surface area contributed by atoms with Crippen LogP contribution in [0.4, 0.5) is 11.8 Å². The second-order valence-electron chi connectivity index (χ2n) is 7.95. The summed E-state index contributed by atoms with van der Waals surface area (Å²) in [6, 6.07) is 13.8. The number of carbonyl (C=O) groups excluding carboxylic acids is 1. The Bertz CT molecular complexity index is 1260. The average molecular weight is 430 g/mol. The number of fused-ring (bicyclic) bond motifs is 1. The van der Waals surface area contributed by atoms with Gasteiger partial charge in [0, 0.05) is 35.8 Å². The lowest BCUT2D eigenvalue weighted by Gasteiger charge is -2.11. The second kappa shape index (κ2) is 9.13. The number of aryl methyl sites for hydroxylation is 4. The Morgan fingerprint density at radius 2 is 1.69 bits per heavy atom. The van der Waals surface area contributed by atoms with Crippen LogP contribution in [0, 0.1) is 27.7 Å². The lowest BCUT2D eigenvalue weighted by molar-refractivity contribution is -0.116. The molecular weight excluding hydrogens is 402 g/mol. The van der Waals surface area contributed by atoms with E-state index in [1.54, 1.807) is 4.68 Å². The maximum absolute atomic E-state index is 12.6. The molecule has 164 valence electrons. The highest BCUT2D eigenvalue weighted by Crippen LogP contribution is 2.22. The van der Waals surface area contributed by atoms with Crippen LogP contribution in [0.3, 0.4) is 0 Å². The lowest BCUT2D eigenvalue weighted by atomic mass is 10.1. The van der Waals surface area contributed by atoms with E-state index in [0.29, 0.717) is 37.0 Å². The summed E-state index contributed by atoms with van der Waals surface area (Å²) in [5.74, 6) is 1.81. The summed E-state index contributed by atoms with van der Waals surface area (Å²) in [4.78, 5) is 26.0. The van der Waals surface area contributed by atoms with Crippen molar-refractivity contribution in [3.8, 4) is 5.82 Å². The molecule has 8 heteroatoms. The van der Waals surface area contributed by atoms with Crippen LogP contribution in [0.15, 0.2) is 42.5 Å². The molecule has 0 atom stereocenters.